The molecule has 2 atom stereocenters. The molecule has 5 N–H and O–H groups in total. The Morgan fingerprint density at radius 2 is 2.10 bits per heavy atom. The third kappa shape index (κ3) is 3.63. The van der Waals surface area contributed by atoms with Crippen LogP contribution in [0.3, 0.4) is 0 Å². The minimum atomic E-state index is -0.546. The predicted octanol–water partition coefficient (Wildman–Crippen LogP) is 1.06. The average molecular weight is 397 g/mol. The fourth-order valence-electron chi connectivity index (χ4n) is 3.79. The molecule has 10 nitrogen and oxygen atoms in total. The third-order valence-corrected chi connectivity index (χ3v) is 5.60. The Balaban J connectivity index is 1.51. The van der Waals surface area contributed by atoms with E-state index in [-0.39, 0.29) is 17.8 Å². The van der Waals surface area contributed by atoms with Gasteiger partial charge in [-0.2, -0.15) is 9.61 Å². The van der Waals surface area contributed by atoms with Crippen LogP contribution in [0.5, 0.6) is 0 Å². The van der Waals surface area contributed by atoms with E-state index < -0.39 is 11.9 Å². The Hall–Kier alpha value is -3.14. The van der Waals surface area contributed by atoms with Gasteiger partial charge in [-0.15, -0.1) is 0 Å². The number of aliphatic hydroxyl groups is 1. The molecule has 29 heavy (non-hydrogen) atoms. The van der Waals surface area contributed by atoms with Gasteiger partial charge in [0.05, 0.1) is 18.3 Å². The monoisotopic (exact) mass is 397 g/mol. The van der Waals surface area contributed by atoms with Crippen molar-refractivity contribution in [3.63, 3.8) is 0 Å². The zero-order chi connectivity index (χ0) is 20.0. The highest BCUT2D eigenvalue weighted by atomic mass is 16.3. The van der Waals surface area contributed by atoms with Crippen molar-refractivity contribution in [1.29, 1.82) is 0 Å². The second kappa shape index (κ2) is 7.03. The summed E-state index contributed by atoms with van der Waals surface area (Å²) in [5, 5.41) is 26.0. The van der Waals surface area contributed by atoms with Crippen LogP contribution in [0, 0.1) is 5.92 Å². The Morgan fingerprint density at radius 3 is 2.79 bits per heavy atom. The summed E-state index contributed by atoms with van der Waals surface area (Å²) in [4.78, 5) is 27.9. The number of imide groups is 1. The summed E-state index contributed by atoms with van der Waals surface area (Å²) in [5.74, 6) is 1.63. The van der Waals surface area contributed by atoms with Gasteiger partial charge in [0, 0.05) is 18.2 Å². The van der Waals surface area contributed by atoms with Gasteiger partial charge in [-0.1, -0.05) is 0 Å². The number of carbonyl (C=O) groups is 2. The fraction of sp³-hybridized carbons (Fsp3) is 0.474. The van der Waals surface area contributed by atoms with Crippen LogP contribution in [0.15, 0.2) is 18.0 Å². The second-order valence-electron chi connectivity index (χ2n) is 7.90. The zero-order valence-corrected chi connectivity index (χ0v) is 15.8. The zero-order valence-electron chi connectivity index (χ0n) is 15.8. The first-order valence-electron chi connectivity index (χ1n) is 9.98. The van der Waals surface area contributed by atoms with E-state index in [1.807, 2.05) is 6.07 Å². The van der Waals surface area contributed by atoms with Crippen LogP contribution in [-0.2, 0) is 4.79 Å². The Kier molecular flexibility index (Phi) is 4.35. The maximum absolute atomic E-state index is 11.9. The largest absolute Gasteiger partial charge is 0.391 e. The van der Waals surface area contributed by atoms with Gasteiger partial charge in [0.15, 0.2) is 5.65 Å². The van der Waals surface area contributed by atoms with Gasteiger partial charge in [-0.3, -0.25) is 10.1 Å². The molecule has 3 heterocycles. The number of hydrogen-bond donors (Lipinski definition) is 5. The molecule has 3 aliphatic rings. The number of fused-ring (bicyclic) bond motifs is 1. The van der Waals surface area contributed by atoms with Gasteiger partial charge in [-0.25, -0.2) is 9.78 Å². The summed E-state index contributed by atoms with van der Waals surface area (Å²) in [6.07, 6.45) is 7.90. The normalized spacial score (nSPS) is 25.5. The highest BCUT2D eigenvalue weighted by Gasteiger charge is 2.27. The molecule has 0 radical (unpaired) electrons. The van der Waals surface area contributed by atoms with E-state index in [2.05, 4.69) is 31.3 Å². The molecule has 152 valence electrons. The van der Waals surface area contributed by atoms with Crippen molar-refractivity contribution in [3.05, 3.63) is 23.5 Å². The van der Waals surface area contributed by atoms with Crippen molar-refractivity contribution < 1.29 is 14.7 Å². The van der Waals surface area contributed by atoms with Crippen molar-refractivity contribution in [2.45, 2.75) is 44.2 Å². The lowest BCUT2D eigenvalue weighted by Gasteiger charge is -2.18. The number of anilines is 2. The number of hydrogen-bond acceptors (Lipinski definition) is 7. The standard InChI is InChI=1S/C19H23N7O3/c27-14-3-1-2-12(14)22-15-7-16(20-8-10-4-5-10)26-17(24-15)11(9-21-26)6-13-18(28)25-19(29)23-13/h6-7,9-10,12,14,20,27H,1-5,8H2,(H,22,24)(H2,23,25,28,29)/b13-6-. The minimum Gasteiger partial charge on any atom is -0.391 e. The average Bonchev–Trinajstić information content (AvgIpc) is 3.18. The molecule has 2 saturated carbocycles. The maximum Gasteiger partial charge on any atom is 0.326 e. The topological polar surface area (TPSA) is 133 Å². The lowest BCUT2D eigenvalue weighted by Crippen LogP contribution is -2.28. The molecule has 2 aromatic heterocycles. The molecule has 1 aliphatic heterocycles. The Morgan fingerprint density at radius 1 is 1.24 bits per heavy atom. The Labute approximate surface area is 166 Å². The molecule has 3 fully saturated rings. The van der Waals surface area contributed by atoms with Gasteiger partial charge >= 0.3 is 6.03 Å². The van der Waals surface area contributed by atoms with E-state index in [1.54, 1.807) is 16.8 Å². The van der Waals surface area contributed by atoms with E-state index in [1.165, 1.54) is 12.8 Å². The van der Waals surface area contributed by atoms with Crippen molar-refractivity contribution >= 4 is 35.3 Å². The molecule has 0 spiro atoms. The lowest BCUT2D eigenvalue weighted by atomic mass is 10.2. The van der Waals surface area contributed by atoms with Crippen molar-refractivity contribution in [3.8, 4) is 0 Å². The number of rotatable bonds is 6. The predicted molar refractivity (Wildman–Crippen MR) is 106 cm³/mol. The molecule has 2 aromatic rings. The van der Waals surface area contributed by atoms with Crippen LogP contribution >= 0.6 is 0 Å². The summed E-state index contributed by atoms with van der Waals surface area (Å²) in [7, 11) is 0. The van der Waals surface area contributed by atoms with Crippen LogP contribution in [0.2, 0.25) is 0 Å². The molecule has 0 aromatic carbocycles. The van der Waals surface area contributed by atoms with E-state index in [0.717, 1.165) is 31.6 Å². The molecule has 3 amide bonds. The van der Waals surface area contributed by atoms with Gasteiger partial charge in [0.2, 0.25) is 0 Å². The van der Waals surface area contributed by atoms with Crippen LogP contribution in [-0.4, -0.2) is 50.3 Å². The highest BCUT2D eigenvalue weighted by molar-refractivity contribution is 6.14. The lowest BCUT2D eigenvalue weighted by molar-refractivity contribution is -0.115. The number of nitrogens with zero attached hydrogens (tertiary/aromatic N) is 3. The molecular weight excluding hydrogens is 374 g/mol. The first-order chi connectivity index (χ1) is 14.1. The number of aromatic nitrogens is 3. The SMILES string of the molecule is O=C1NC(=O)/C(=C/c2cnn3c(NCC4CC4)cc(NC4CCCC4O)nc23)N1. The minimum absolute atomic E-state index is 0.0362. The quantitative estimate of drug-likeness (QED) is 0.364. The molecular formula is C19H23N7O3. The van der Waals surface area contributed by atoms with Gasteiger partial charge < -0.3 is 21.1 Å². The van der Waals surface area contributed by atoms with E-state index in [0.29, 0.717) is 22.9 Å². The van der Waals surface area contributed by atoms with Gasteiger partial charge in [0.25, 0.3) is 5.91 Å². The van der Waals surface area contributed by atoms with Gasteiger partial charge in [-0.05, 0) is 44.1 Å². The van der Waals surface area contributed by atoms with E-state index >= 15 is 0 Å². The first kappa shape index (κ1) is 17.9. The van der Waals surface area contributed by atoms with Crippen molar-refractivity contribution in [1.82, 2.24) is 25.2 Å². The number of urea groups is 1. The van der Waals surface area contributed by atoms with E-state index in [4.69, 9.17) is 0 Å². The smallest absolute Gasteiger partial charge is 0.326 e. The van der Waals surface area contributed by atoms with Gasteiger partial charge in [0.1, 0.15) is 17.3 Å². The van der Waals surface area contributed by atoms with Crippen LogP contribution in [0.1, 0.15) is 37.7 Å². The first-order valence-corrected chi connectivity index (χ1v) is 9.98. The number of carbonyl (C=O) groups excluding carboxylic acids is 2. The maximum atomic E-state index is 11.9. The van der Waals surface area contributed by atoms with Crippen molar-refractivity contribution in [2.24, 2.45) is 5.92 Å². The molecule has 10 heteroatoms. The summed E-state index contributed by atoms with van der Waals surface area (Å²) in [6.45, 7) is 0.860. The molecule has 1 saturated heterocycles. The molecule has 2 unspecified atom stereocenters. The number of aliphatic hydroxyl groups excluding tert-OH is 1. The second-order valence-corrected chi connectivity index (χ2v) is 7.90. The number of amides is 3. The van der Waals surface area contributed by atoms with Crippen LogP contribution < -0.4 is 21.3 Å². The van der Waals surface area contributed by atoms with Crippen molar-refractivity contribution in [2.75, 3.05) is 17.2 Å². The van der Waals surface area contributed by atoms with E-state index in [9.17, 15) is 14.7 Å². The molecule has 2 aliphatic carbocycles. The van der Waals surface area contributed by atoms with Crippen LogP contribution in [0.25, 0.3) is 11.7 Å². The summed E-state index contributed by atoms with van der Waals surface area (Å²) < 4.78 is 1.69. The number of nitrogens with one attached hydrogen (secondary N) is 4. The van der Waals surface area contributed by atoms with Crippen LogP contribution in [0.4, 0.5) is 16.4 Å². The summed E-state index contributed by atoms with van der Waals surface area (Å²) in [6, 6.07) is 1.31. The fourth-order valence-corrected chi connectivity index (χ4v) is 3.79. The molecule has 5 rings (SSSR count). The molecule has 0 bridgehead atoms. The summed E-state index contributed by atoms with van der Waals surface area (Å²) >= 11 is 0. The Bertz CT molecular complexity index is 1010. The summed E-state index contributed by atoms with van der Waals surface area (Å²) in [5.41, 5.74) is 1.33. The highest BCUT2D eigenvalue weighted by Crippen LogP contribution is 2.30. The third-order valence-electron chi connectivity index (χ3n) is 5.60.